The van der Waals surface area contributed by atoms with E-state index in [1.54, 1.807) is 35.7 Å². The molecule has 5 aromatic carbocycles. The van der Waals surface area contributed by atoms with E-state index in [1.807, 2.05) is 72.1 Å². The second kappa shape index (κ2) is 13.3. The molecule has 0 spiro atoms. The number of carbonyl (C=O) groups excluding carboxylic acids is 3. The molecule has 0 saturated heterocycles. The number of aromatic nitrogens is 5. The number of nitrogens with zero attached hydrogens (tertiary/aromatic N) is 5. The first-order valence-electron chi connectivity index (χ1n) is 19.2. The first-order chi connectivity index (χ1) is 30.4. The van der Waals surface area contributed by atoms with Gasteiger partial charge in [-0.3, -0.25) is 14.4 Å². The Hall–Kier alpha value is -7.30. The molecule has 15 heteroatoms. The average Bonchev–Trinajstić information content (AvgIpc) is 4.16. The average molecular weight is 880 g/mol. The van der Waals surface area contributed by atoms with Crippen molar-refractivity contribution in [2.75, 3.05) is 0 Å². The highest BCUT2D eigenvalue weighted by atomic mass is 32.1. The number of oxazole rings is 2. The minimum Gasteiger partial charge on any atom is -0.480 e. The molecule has 1 unspecified atom stereocenters. The summed E-state index contributed by atoms with van der Waals surface area (Å²) in [4.78, 5) is 67.0. The van der Waals surface area contributed by atoms with Crippen molar-refractivity contribution in [3.63, 3.8) is 0 Å². The quantitative estimate of drug-likeness (QED) is 0.116. The van der Waals surface area contributed by atoms with Crippen LogP contribution in [0.5, 0.6) is 5.75 Å². The van der Waals surface area contributed by atoms with Gasteiger partial charge in [-0.25, -0.2) is 4.98 Å². The number of Topliss-reactive ketones (excluding diaryl/α,β-unsaturated/α-hetero) is 3. The Bertz CT molecular complexity index is 3730. The normalized spacial score (nSPS) is 16.4. The minimum absolute atomic E-state index is 0.00124. The third-order valence-electron chi connectivity index (χ3n) is 11.0. The summed E-state index contributed by atoms with van der Waals surface area (Å²) in [6, 6.07) is 30.9. The van der Waals surface area contributed by atoms with Crippen molar-refractivity contribution in [2.45, 2.75) is 6.10 Å². The number of benzene rings is 5. The van der Waals surface area contributed by atoms with Gasteiger partial charge in [-0.1, -0.05) is 77.3 Å². The summed E-state index contributed by atoms with van der Waals surface area (Å²) in [7, 11) is 0. The van der Waals surface area contributed by atoms with Crippen molar-refractivity contribution in [3.8, 4) is 27.4 Å². The molecule has 2 aliphatic carbocycles. The lowest BCUT2D eigenvalue weighted by molar-refractivity contribution is 0.0987. The smallest absolute Gasteiger partial charge is 0.259 e. The molecule has 6 aromatic heterocycles. The predicted molar refractivity (Wildman–Crippen MR) is 241 cm³/mol. The molecule has 0 aliphatic heterocycles. The lowest BCUT2D eigenvalue weighted by Gasteiger charge is -2.18. The molecule has 0 N–H and O–H groups in total. The number of allylic oxidation sites excluding steroid dienone is 1. The molecule has 294 valence electrons. The molecule has 2 aliphatic rings. The Morgan fingerprint density at radius 1 is 0.613 bits per heavy atom. The molecule has 0 fully saturated rings. The van der Waals surface area contributed by atoms with Crippen molar-refractivity contribution in [2.24, 2.45) is 0 Å². The summed E-state index contributed by atoms with van der Waals surface area (Å²) in [5, 5.41) is 7.76. The van der Waals surface area contributed by atoms with Crippen LogP contribution in [0.15, 0.2) is 129 Å². The van der Waals surface area contributed by atoms with E-state index in [4.69, 9.17) is 23.5 Å². The maximum absolute atomic E-state index is 14.4. The molecule has 0 saturated carbocycles. The van der Waals surface area contributed by atoms with Crippen molar-refractivity contribution in [3.05, 3.63) is 152 Å². The number of hydrogen-bond donors (Lipinski definition) is 0. The van der Waals surface area contributed by atoms with Crippen LogP contribution in [0.25, 0.3) is 86.5 Å². The topological polar surface area (TPSA) is 151 Å². The Morgan fingerprint density at radius 2 is 1.29 bits per heavy atom. The Balaban J connectivity index is 0.864. The number of fused-ring (bicyclic) bond motifs is 7. The van der Waals surface area contributed by atoms with Gasteiger partial charge in [0.1, 0.15) is 15.8 Å². The SMILES string of the molecule is O=C1/C(=C/c2nc3oc(-c4nccs4)nc3s2)C(=O)c2cc3c(OC4/C(=C/c5nc6oc(-c7cc8ccccc8s7)nc6s5)C(=O)c5cc6ccccc6cc54)cccc3cc21. The Labute approximate surface area is 364 Å². The van der Waals surface area contributed by atoms with E-state index in [2.05, 4.69) is 33.2 Å². The van der Waals surface area contributed by atoms with Gasteiger partial charge in [-0.05, 0) is 76.2 Å². The van der Waals surface area contributed by atoms with E-state index in [0.29, 0.717) is 86.7 Å². The maximum Gasteiger partial charge on any atom is 0.259 e. The largest absolute Gasteiger partial charge is 0.480 e. The van der Waals surface area contributed by atoms with Crippen LogP contribution < -0.4 is 4.74 Å². The Kier molecular flexibility index (Phi) is 7.63. The standard InChI is InChI=1S/C47H21N5O6S4/c53-37-26-16-23-9-5-10-32(25(23)18-28(26)38(54)30(37)19-35-49-44-47(61-35)52-42(58-44)45-48-12-13-59-45)56-40-29-15-22-7-2-1-6-21(22)14-27(29)39(55)31(40)20-36-50-43-46(62-36)51-41(57-43)34-17-24-8-3-4-11-33(24)60-34/h1-20,40H/b30-19-,31-20+. The van der Waals surface area contributed by atoms with Gasteiger partial charge in [-0.15, -0.1) is 22.7 Å². The number of carbonyl (C=O) groups is 3. The summed E-state index contributed by atoms with van der Waals surface area (Å²) >= 11 is 5.56. The Morgan fingerprint density at radius 3 is 2.05 bits per heavy atom. The van der Waals surface area contributed by atoms with E-state index in [9.17, 15) is 14.4 Å². The van der Waals surface area contributed by atoms with Crippen LogP contribution in [0, 0.1) is 0 Å². The van der Waals surface area contributed by atoms with Gasteiger partial charge in [0.05, 0.1) is 10.5 Å². The minimum atomic E-state index is -0.820. The number of thiazole rings is 3. The van der Waals surface area contributed by atoms with Gasteiger partial charge in [0.15, 0.2) is 38.1 Å². The van der Waals surface area contributed by atoms with Crippen LogP contribution in [0.3, 0.4) is 0 Å². The highest BCUT2D eigenvalue weighted by Crippen LogP contribution is 2.45. The fraction of sp³-hybridized carbons (Fsp3) is 0.0213. The predicted octanol–water partition coefficient (Wildman–Crippen LogP) is 12.1. The monoisotopic (exact) mass is 879 g/mol. The lowest BCUT2D eigenvalue weighted by Crippen LogP contribution is -2.08. The number of rotatable bonds is 6. The van der Waals surface area contributed by atoms with E-state index >= 15 is 0 Å². The highest BCUT2D eigenvalue weighted by molar-refractivity contribution is 7.22. The molecule has 11 nitrogen and oxygen atoms in total. The molecule has 0 radical (unpaired) electrons. The molecular formula is C47H21N5O6S4. The number of ether oxygens (including phenoxy) is 1. The van der Waals surface area contributed by atoms with E-state index in [1.165, 1.54) is 40.1 Å². The molecule has 6 heterocycles. The van der Waals surface area contributed by atoms with Gasteiger partial charge in [0, 0.05) is 49.5 Å². The van der Waals surface area contributed by atoms with E-state index in [-0.39, 0.29) is 16.9 Å². The fourth-order valence-electron chi connectivity index (χ4n) is 8.12. The summed E-state index contributed by atoms with van der Waals surface area (Å²) in [6.07, 6.45) is 4.10. The van der Waals surface area contributed by atoms with Crippen LogP contribution in [0.2, 0.25) is 0 Å². The third-order valence-corrected chi connectivity index (χ3v) is 14.6. The molecule has 11 aromatic rings. The van der Waals surface area contributed by atoms with Gasteiger partial charge < -0.3 is 13.6 Å². The summed E-state index contributed by atoms with van der Waals surface area (Å²) in [5.74, 6) is 0.315. The molecule has 13 rings (SSSR count). The van der Waals surface area contributed by atoms with Crippen molar-refractivity contribution >= 4 is 128 Å². The molecular weight excluding hydrogens is 859 g/mol. The van der Waals surface area contributed by atoms with Crippen LogP contribution in [-0.4, -0.2) is 42.3 Å². The fourth-order valence-corrected chi connectivity index (χ4v) is 11.3. The zero-order chi connectivity index (χ0) is 41.2. The van der Waals surface area contributed by atoms with Crippen LogP contribution in [-0.2, 0) is 0 Å². The maximum atomic E-state index is 14.4. The van der Waals surface area contributed by atoms with Gasteiger partial charge in [0.25, 0.3) is 17.3 Å². The number of hydrogen-bond acceptors (Lipinski definition) is 15. The molecule has 0 bridgehead atoms. The molecule has 62 heavy (non-hydrogen) atoms. The first kappa shape index (κ1) is 35.5. The summed E-state index contributed by atoms with van der Waals surface area (Å²) in [5.41, 5.74) is 2.88. The molecule has 0 amide bonds. The van der Waals surface area contributed by atoms with Crippen molar-refractivity contribution < 1.29 is 28.0 Å². The van der Waals surface area contributed by atoms with Crippen molar-refractivity contribution in [1.29, 1.82) is 0 Å². The van der Waals surface area contributed by atoms with Gasteiger partial charge >= 0.3 is 0 Å². The second-order valence-electron chi connectivity index (χ2n) is 14.7. The lowest BCUT2D eigenvalue weighted by atomic mass is 10.0. The zero-order valence-electron chi connectivity index (χ0n) is 31.4. The molecule has 1 atom stereocenters. The van der Waals surface area contributed by atoms with Crippen LogP contribution in [0.4, 0.5) is 0 Å². The first-order valence-corrected chi connectivity index (χ1v) is 22.5. The van der Waals surface area contributed by atoms with Gasteiger partial charge in [-0.2, -0.15) is 19.9 Å². The summed E-state index contributed by atoms with van der Waals surface area (Å²) < 4.78 is 20.0. The van der Waals surface area contributed by atoms with E-state index in [0.717, 1.165) is 25.7 Å². The third kappa shape index (κ3) is 5.52. The number of ketones is 3. The van der Waals surface area contributed by atoms with Gasteiger partial charge in [0.2, 0.25) is 5.89 Å². The van der Waals surface area contributed by atoms with Crippen molar-refractivity contribution in [1.82, 2.24) is 24.9 Å². The van der Waals surface area contributed by atoms with E-state index < -0.39 is 17.7 Å². The number of thiophene rings is 1. The highest BCUT2D eigenvalue weighted by Gasteiger charge is 2.39. The summed E-state index contributed by atoms with van der Waals surface area (Å²) in [6.45, 7) is 0. The van der Waals surface area contributed by atoms with Crippen LogP contribution >= 0.6 is 45.3 Å². The second-order valence-corrected chi connectivity index (χ2v) is 18.6. The zero-order valence-corrected chi connectivity index (χ0v) is 34.7. The van der Waals surface area contributed by atoms with Crippen LogP contribution in [0.1, 0.15) is 52.8 Å².